The number of alkyl halides is 2. The van der Waals surface area contributed by atoms with Crippen molar-refractivity contribution in [2.75, 3.05) is 31.1 Å². The molecule has 2 aromatic carbocycles. The van der Waals surface area contributed by atoms with E-state index < -0.39 is 71.0 Å². The van der Waals surface area contributed by atoms with E-state index in [2.05, 4.69) is 15.0 Å². The molecule has 1 aliphatic carbocycles. The number of hydrogen-bond acceptors (Lipinski definition) is 6. The molecule has 8 rings (SSSR count). The zero-order valence-corrected chi connectivity index (χ0v) is 24.5. The van der Waals surface area contributed by atoms with Crippen molar-refractivity contribution in [1.29, 1.82) is 0 Å². The van der Waals surface area contributed by atoms with Crippen LogP contribution in [0, 0.1) is 41.5 Å². The van der Waals surface area contributed by atoms with E-state index in [9.17, 15) is 17.6 Å². The number of rotatable bonds is 5. The van der Waals surface area contributed by atoms with Gasteiger partial charge in [-0.3, -0.25) is 9.88 Å². The molecule has 3 aliphatic heterocycles. The molecule has 0 spiro atoms. The van der Waals surface area contributed by atoms with E-state index in [1.165, 1.54) is 24.4 Å². The summed E-state index contributed by atoms with van der Waals surface area (Å²) in [4.78, 5) is 16.5. The van der Waals surface area contributed by atoms with Crippen LogP contribution in [0.25, 0.3) is 32.9 Å². The molecule has 12 heteroatoms. The van der Waals surface area contributed by atoms with Crippen molar-refractivity contribution in [1.82, 2.24) is 19.9 Å². The van der Waals surface area contributed by atoms with Crippen molar-refractivity contribution in [2.45, 2.75) is 62.4 Å². The number of hydrogen-bond donors (Lipinski definition) is 0. The molecule has 0 amide bonds. The summed E-state index contributed by atoms with van der Waals surface area (Å²) >= 11 is 0. The Kier molecular flexibility index (Phi) is 6.31. The molecule has 4 aromatic rings. The van der Waals surface area contributed by atoms with Crippen LogP contribution in [0.3, 0.4) is 0 Å². The number of fused-ring (bicyclic) bond motifs is 4. The summed E-state index contributed by atoms with van der Waals surface area (Å²) in [7, 11) is 0. The lowest BCUT2D eigenvalue weighted by Gasteiger charge is -2.31. The van der Waals surface area contributed by atoms with E-state index in [1.807, 2.05) is 5.92 Å². The van der Waals surface area contributed by atoms with Crippen LogP contribution in [-0.4, -0.2) is 70.0 Å². The van der Waals surface area contributed by atoms with Gasteiger partial charge in [-0.1, -0.05) is 30.5 Å². The minimum atomic E-state index is -2.50. The van der Waals surface area contributed by atoms with Crippen LogP contribution in [0.2, 0.25) is 0 Å². The maximum atomic E-state index is 16.8. The Morgan fingerprint density at radius 2 is 1.87 bits per heavy atom. The number of benzene rings is 2. The van der Waals surface area contributed by atoms with Gasteiger partial charge in [0.25, 0.3) is 0 Å². The van der Waals surface area contributed by atoms with Crippen LogP contribution in [0.4, 0.5) is 32.2 Å². The molecule has 0 radical (unpaired) electrons. The summed E-state index contributed by atoms with van der Waals surface area (Å²) < 4.78 is 114. The van der Waals surface area contributed by atoms with E-state index in [0.29, 0.717) is 38.8 Å². The van der Waals surface area contributed by atoms with Gasteiger partial charge in [0, 0.05) is 48.0 Å². The van der Waals surface area contributed by atoms with Crippen molar-refractivity contribution in [3.8, 4) is 29.6 Å². The molecule has 238 valence electrons. The molecule has 3 saturated heterocycles. The number of pyridine rings is 1. The number of halogens is 6. The van der Waals surface area contributed by atoms with Crippen LogP contribution in [0.15, 0.2) is 24.4 Å². The average molecular weight is 640 g/mol. The minimum Gasteiger partial charge on any atom is -0.461 e. The normalized spacial score (nSPS) is 28.4. The lowest BCUT2D eigenvalue weighted by atomic mass is 9.95. The largest absolute Gasteiger partial charge is 0.461 e. The Morgan fingerprint density at radius 3 is 2.70 bits per heavy atom. The first-order chi connectivity index (χ1) is 23.0. The molecule has 0 unspecified atom stereocenters. The van der Waals surface area contributed by atoms with Crippen LogP contribution in [0.5, 0.6) is 6.01 Å². The molecule has 4 fully saturated rings. The van der Waals surface area contributed by atoms with E-state index in [-0.39, 0.29) is 51.9 Å². The highest BCUT2D eigenvalue weighted by molar-refractivity contribution is 6.02. The molecule has 46 heavy (non-hydrogen) atoms. The quantitative estimate of drug-likeness (QED) is 0.138. The Morgan fingerprint density at radius 1 is 1.02 bits per heavy atom. The van der Waals surface area contributed by atoms with E-state index >= 15 is 8.78 Å². The van der Waals surface area contributed by atoms with Crippen molar-refractivity contribution < 1.29 is 33.8 Å². The zero-order chi connectivity index (χ0) is 33.7. The highest BCUT2D eigenvalue weighted by Crippen LogP contribution is 2.48. The molecule has 0 N–H and O–H groups in total. The summed E-state index contributed by atoms with van der Waals surface area (Å²) in [5.74, 6) is -4.08. The predicted molar refractivity (Wildman–Crippen MR) is 160 cm³/mol. The van der Waals surface area contributed by atoms with Crippen LogP contribution in [-0.2, 0) is 0 Å². The average Bonchev–Trinajstić information content (AvgIpc) is 3.42. The second kappa shape index (κ2) is 10.7. The van der Waals surface area contributed by atoms with Gasteiger partial charge in [-0.25, -0.2) is 26.3 Å². The monoisotopic (exact) mass is 639 g/mol. The zero-order valence-electron chi connectivity index (χ0n) is 26.5. The number of ether oxygens (including phenoxy) is 1. The second-order valence-electron chi connectivity index (χ2n) is 12.6. The Labute approximate surface area is 263 Å². The first-order valence-electron chi connectivity index (χ1n) is 16.4. The third-order valence-electron chi connectivity index (χ3n) is 9.98. The molecular weight excluding hydrogens is 608 g/mol. The van der Waals surface area contributed by atoms with Crippen molar-refractivity contribution in [3.05, 3.63) is 53.2 Å². The van der Waals surface area contributed by atoms with Gasteiger partial charge in [0.15, 0.2) is 23.3 Å². The summed E-state index contributed by atoms with van der Waals surface area (Å²) in [6.45, 7) is -1.58. The maximum Gasteiger partial charge on any atom is 0.319 e. The first kappa shape index (κ1) is 27.0. The number of terminal acetylenes is 1. The van der Waals surface area contributed by atoms with Gasteiger partial charge in [-0.05, 0) is 32.2 Å². The fraction of sp³-hybridized carbons (Fsp3) is 0.441. The Hall–Kier alpha value is -4.11. The second-order valence-corrected chi connectivity index (χ2v) is 12.6. The lowest BCUT2D eigenvalue weighted by molar-refractivity contribution is 0.107. The number of nitrogens with zero attached hydrogens (tertiary/aromatic N) is 5. The number of aromatic nitrogens is 3. The minimum absolute atomic E-state index is 0.0564. The van der Waals surface area contributed by atoms with Crippen LogP contribution in [0.1, 0.15) is 46.8 Å². The predicted octanol–water partition coefficient (Wildman–Crippen LogP) is 6.66. The standard InChI is InChI=1S/C34H29F6N5O/c1-2-18-23-19(25(37)27(39)24(18)36)8-5-9-20(23)29-28(40)30-22(14-41-29)32(45-12-4-3-7-21-26(38)31(21)45)43-33(42-30)46-16-34-10-6-11-44(34)15-17(35)13-34/h1,5,8-9,14,17,21,26,31H,3-4,6-7,10-13,15-16H2/t17-,21+,26+,31+,34+/m1/s1/i16D2. The summed E-state index contributed by atoms with van der Waals surface area (Å²) in [5, 5.41) is -0.585. The van der Waals surface area contributed by atoms with Gasteiger partial charge in [0.05, 0.1) is 25.3 Å². The summed E-state index contributed by atoms with van der Waals surface area (Å²) in [6.07, 6.45) is 7.36. The third kappa shape index (κ3) is 4.34. The molecule has 4 aliphatic rings. The molecule has 5 atom stereocenters. The topological polar surface area (TPSA) is 54.4 Å². The SMILES string of the molecule is [2H]C([2H])(Oc1nc(N2CCCC[C@H]3[C@H](F)[C@H]32)c2cnc(-c3cccc4c(F)c(F)c(F)c(C#C)c34)c(F)c2n1)[C@@]12CCCN1C[C@H](F)C2. The Balaban J connectivity index is 1.33. The van der Waals surface area contributed by atoms with Crippen LogP contribution < -0.4 is 9.64 Å². The summed E-state index contributed by atoms with van der Waals surface area (Å²) in [5.41, 5.74) is -2.85. The van der Waals surface area contributed by atoms with Crippen LogP contribution >= 0.6 is 0 Å². The molecule has 0 bridgehead atoms. The van der Waals surface area contributed by atoms with Crippen molar-refractivity contribution in [2.24, 2.45) is 5.92 Å². The van der Waals surface area contributed by atoms with E-state index in [0.717, 1.165) is 6.42 Å². The third-order valence-corrected chi connectivity index (χ3v) is 9.98. The molecule has 6 nitrogen and oxygen atoms in total. The van der Waals surface area contributed by atoms with Gasteiger partial charge < -0.3 is 9.64 Å². The van der Waals surface area contributed by atoms with Gasteiger partial charge in [0.2, 0.25) is 0 Å². The van der Waals surface area contributed by atoms with E-state index in [1.54, 1.807) is 9.80 Å². The smallest absolute Gasteiger partial charge is 0.319 e. The lowest BCUT2D eigenvalue weighted by Crippen LogP contribution is -2.43. The molecule has 5 heterocycles. The first-order valence-corrected chi connectivity index (χ1v) is 15.4. The van der Waals surface area contributed by atoms with Gasteiger partial charge >= 0.3 is 6.01 Å². The fourth-order valence-electron chi connectivity index (χ4n) is 7.75. The fourth-order valence-corrected chi connectivity index (χ4v) is 7.75. The highest BCUT2D eigenvalue weighted by atomic mass is 19.2. The Bertz CT molecular complexity index is 2040. The summed E-state index contributed by atoms with van der Waals surface area (Å²) in [6, 6.07) is 2.74. The van der Waals surface area contributed by atoms with Gasteiger partial charge in [0.1, 0.15) is 35.9 Å². The van der Waals surface area contributed by atoms with Gasteiger partial charge in [-0.2, -0.15) is 9.97 Å². The molecule has 1 saturated carbocycles. The van der Waals surface area contributed by atoms with Gasteiger partial charge in [-0.15, -0.1) is 6.42 Å². The van der Waals surface area contributed by atoms with Crippen molar-refractivity contribution in [3.63, 3.8) is 0 Å². The molecule has 2 aromatic heterocycles. The number of anilines is 1. The molecular formula is C34H29F6N5O. The highest BCUT2D eigenvalue weighted by Gasteiger charge is 2.56. The maximum absolute atomic E-state index is 16.8. The van der Waals surface area contributed by atoms with Crippen molar-refractivity contribution >= 4 is 27.5 Å². The van der Waals surface area contributed by atoms with E-state index in [4.69, 9.17) is 13.9 Å².